The summed E-state index contributed by atoms with van der Waals surface area (Å²) in [6.07, 6.45) is 2.37. The Labute approximate surface area is 110 Å². The van der Waals surface area contributed by atoms with Crippen LogP contribution >= 0.6 is 23.1 Å². The number of thioether (sulfide) groups is 1. The molecule has 1 aromatic heterocycles. The first kappa shape index (κ1) is 12.9. The quantitative estimate of drug-likeness (QED) is 0.858. The number of hydrogen-bond acceptors (Lipinski definition) is 4. The van der Waals surface area contributed by atoms with Gasteiger partial charge < -0.3 is 10.6 Å². The van der Waals surface area contributed by atoms with Crippen molar-refractivity contribution >= 4 is 29.0 Å². The van der Waals surface area contributed by atoms with E-state index in [1.807, 2.05) is 11.4 Å². The summed E-state index contributed by atoms with van der Waals surface area (Å²) >= 11 is 3.46. The molecule has 3 nitrogen and oxygen atoms in total. The molecular weight excluding hydrogens is 252 g/mol. The largest absolute Gasteiger partial charge is 0.351 e. The standard InChI is InChI=1S/C12H18N2OS2/c15-12(14-7-10-3-6-16-8-10)9-17-11-1-4-13-5-2-11/h3,6,8,11,13H,1-2,4-5,7,9H2,(H,14,15). The summed E-state index contributed by atoms with van der Waals surface area (Å²) < 4.78 is 0. The molecule has 1 aliphatic rings. The van der Waals surface area contributed by atoms with Gasteiger partial charge in [-0.05, 0) is 48.3 Å². The van der Waals surface area contributed by atoms with E-state index in [2.05, 4.69) is 16.0 Å². The normalized spacial score (nSPS) is 16.9. The summed E-state index contributed by atoms with van der Waals surface area (Å²) in [5, 5.41) is 11.0. The predicted octanol–water partition coefficient (Wildman–Crippen LogP) is 1.85. The van der Waals surface area contributed by atoms with Crippen LogP contribution in [0.1, 0.15) is 18.4 Å². The lowest BCUT2D eigenvalue weighted by atomic mass is 10.2. The Kier molecular flexibility index (Phi) is 5.35. The summed E-state index contributed by atoms with van der Waals surface area (Å²) in [4.78, 5) is 11.6. The monoisotopic (exact) mass is 270 g/mol. The molecule has 0 aliphatic carbocycles. The Bertz CT molecular complexity index is 334. The van der Waals surface area contributed by atoms with Crippen LogP contribution in [0.15, 0.2) is 16.8 Å². The smallest absolute Gasteiger partial charge is 0.230 e. The van der Waals surface area contributed by atoms with E-state index in [-0.39, 0.29) is 5.91 Å². The highest BCUT2D eigenvalue weighted by Crippen LogP contribution is 2.19. The average molecular weight is 270 g/mol. The molecule has 0 bridgehead atoms. The molecule has 0 atom stereocenters. The van der Waals surface area contributed by atoms with Crippen molar-refractivity contribution in [1.29, 1.82) is 0 Å². The number of carbonyl (C=O) groups is 1. The molecule has 1 saturated heterocycles. The highest BCUT2D eigenvalue weighted by atomic mass is 32.2. The van der Waals surface area contributed by atoms with E-state index in [0.717, 1.165) is 13.1 Å². The van der Waals surface area contributed by atoms with Crippen molar-refractivity contribution in [1.82, 2.24) is 10.6 Å². The van der Waals surface area contributed by atoms with Crippen molar-refractivity contribution in [3.8, 4) is 0 Å². The molecule has 0 spiro atoms. The summed E-state index contributed by atoms with van der Waals surface area (Å²) in [7, 11) is 0. The van der Waals surface area contributed by atoms with Gasteiger partial charge in [-0.25, -0.2) is 0 Å². The lowest BCUT2D eigenvalue weighted by Gasteiger charge is -2.21. The van der Waals surface area contributed by atoms with Crippen LogP contribution < -0.4 is 10.6 Å². The molecule has 0 unspecified atom stereocenters. The lowest BCUT2D eigenvalue weighted by Crippen LogP contribution is -2.31. The molecule has 5 heteroatoms. The summed E-state index contributed by atoms with van der Waals surface area (Å²) in [6.45, 7) is 2.84. The topological polar surface area (TPSA) is 41.1 Å². The number of hydrogen-bond donors (Lipinski definition) is 2. The second kappa shape index (κ2) is 7.03. The van der Waals surface area contributed by atoms with Crippen LogP contribution in [-0.2, 0) is 11.3 Å². The van der Waals surface area contributed by atoms with E-state index in [1.165, 1.54) is 18.4 Å². The predicted molar refractivity (Wildman–Crippen MR) is 74.5 cm³/mol. The SMILES string of the molecule is O=C(CSC1CCNCC1)NCc1ccsc1. The molecule has 17 heavy (non-hydrogen) atoms. The van der Waals surface area contributed by atoms with Crippen LogP contribution in [0.3, 0.4) is 0 Å². The fraction of sp³-hybridized carbons (Fsp3) is 0.583. The molecule has 0 radical (unpaired) electrons. The number of carbonyl (C=O) groups excluding carboxylic acids is 1. The maximum absolute atomic E-state index is 11.6. The number of piperidine rings is 1. The van der Waals surface area contributed by atoms with Crippen molar-refractivity contribution in [2.45, 2.75) is 24.6 Å². The van der Waals surface area contributed by atoms with Crippen molar-refractivity contribution in [3.05, 3.63) is 22.4 Å². The first-order valence-corrected chi connectivity index (χ1v) is 7.94. The van der Waals surface area contributed by atoms with Crippen LogP contribution in [0.25, 0.3) is 0 Å². The van der Waals surface area contributed by atoms with E-state index in [0.29, 0.717) is 17.5 Å². The van der Waals surface area contributed by atoms with Crippen molar-refractivity contribution in [3.63, 3.8) is 0 Å². The third kappa shape index (κ3) is 4.69. The molecule has 94 valence electrons. The van der Waals surface area contributed by atoms with Gasteiger partial charge in [0.2, 0.25) is 5.91 Å². The Morgan fingerprint density at radius 1 is 1.53 bits per heavy atom. The number of rotatable bonds is 5. The van der Waals surface area contributed by atoms with Crippen LogP contribution in [0, 0.1) is 0 Å². The van der Waals surface area contributed by atoms with Gasteiger partial charge >= 0.3 is 0 Å². The molecule has 1 aromatic rings. The van der Waals surface area contributed by atoms with Gasteiger partial charge in [-0.15, -0.1) is 11.8 Å². The van der Waals surface area contributed by atoms with Crippen LogP contribution in [0.2, 0.25) is 0 Å². The summed E-state index contributed by atoms with van der Waals surface area (Å²) in [6, 6.07) is 2.05. The Balaban J connectivity index is 1.60. The van der Waals surface area contributed by atoms with Crippen molar-refractivity contribution in [2.75, 3.05) is 18.8 Å². The van der Waals surface area contributed by atoms with Gasteiger partial charge in [0.1, 0.15) is 0 Å². The second-order valence-corrected chi connectivity index (χ2v) is 6.24. The van der Waals surface area contributed by atoms with Crippen LogP contribution in [-0.4, -0.2) is 30.0 Å². The van der Waals surface area contributed by atoms with Gasteiger partial charge in [0.15, 0.2) is 0 Å². The third-order valence-electron chi connectivity index (χ3n) is 2.81. The van der Waals surface area contributed by atoms with Gasteiger partial charge in [-0.1, -0.05) is 0 Å². The molecule has 1 aliphatic heterocycles. The number of nitrogens with one attached hydrogen (secondary N) is 2. The second-order valence-electron chi connectivity index (χ2n) is 4.17. The molecule has 2 heterocycles. The van der Waals surface area contributed by atoms with Crippen LogP contribution in [0.5, 0.6) is 0 Å². The lowest BCUT2D eigenvalue weighted by molar-refractivity contribution is -0.118. The summed E-state index contributed by atoms with van der Waals surface area (Å²) in [5.74, 6) is 0.745. The van der Waals surface area contributed by atoms with E-state index in [4.69, 9.17) is 0 Å². The number of amides is 1. The highest BCUT2D eigenvalue weighted by molar-refractivity contribution is 8.00. The fourth-order valence-electron chi connectivity index (χ4n) is 1.80. The van der Waals surface area contributed by atoms with Gasteiger partial charge in [-0.2, -0.15) is 11.3 Å². The van der Waals surface area contributed by atoms with E-state index < -0.39 is 0 Å². The molecule has 0 saturated carbocycles. The zero-order chi connectivity index (χ0) is 11.9. The Morgan fingerprint density at radius 3 is 3.06 bits per heavy atom. The Hall–Kier alpha value is -0.520. The molecule has 1 fully saturated rings. The first-order valence-electron chi connectivity index (χ1n) is 5.94. The third-order valence-corrected chi connectivity index (χ3v) is 4.91. The van der Waals surface area contributed by atoms with Crippen molar-refractivity contribution < 1.29 is 4.79 Å². The van der Waals surface area contributed by atoms with Gasteiger partial charge in [-0.3, -0.25) is 4.79 Å². The molecule has 2 N–H and O–H groups in total. The van der Waals surface area contributed by atoms with Crippen molar-refractivity contribution in [2.24, 2.45) is 0 Å². The van der Waals surface area contributed by atoms with Gasteiger partial charge in [0.05, 0.1) is 5.75 Å². The van der Waals surface area contributed by atoms with Gasteiger partial charge in [0, 0.05) is 11.8 Å². The maximum Gasteiger partial charge on any atom is 0.230 e. The zero-order valence-electron chi connectivity index (χ0n) is 9.78. The van der Waals surface area contributed by atoms with Crippen LogP contribution in [0.4, 0.5) is 0 Å². The maximum atomic E-state index is 11.6. The number of thiophene rings is 1. The van der Waals surface area contributed by atoms with E-state index in [9.17, 15) is 4.79 Å². The summed E-state index contributed by atoms with van der Waals surface area (Å²) in [5.41, 5.74) is 1.19. The minimum absolute atomic E-state index is 0.153. The molecule has 1 amide bonds. The minimum atomic E-state index is 0.153. The highest BCUT2D eigenvalue weighted by Gasteiger charge is 2.14. The molecule has 2 rings (SSSR count). The van der Waals surface area contributed by atoms with E-state index in [1.54, 1.807) is 23.1 Å². The van der Waals surface area contributed by atoms with E-state index >= 15 is 0 Å². The molecule has 0 aromatic carbocycles. The molecular formula is C12H18N2OS2. The fourth-order valence-corrected chi connectivity index (χ4v) is 3.53. The first-order chi connectivity index (χ1) is 8.34. The average Bonchev–Trinajstić information content (AvgIpc) is 2.88. The van der Waals surface area contributed by atoms with Gasteiger partial charge in [0.25, 0.3) is 0 Å². The minimum Gasteiger partial charge on any atom is -0.351 e. The zero-order valence-corrected chi connectivity index (χ0v) is 11.4. The Morgan fingerprint density at radius 2 is 2.35 bits per heavy atom.